The Morgan fingerprint density at radius 2 is 1.75 bits per heavy atom. The third-order valence-corrected chi connectivity index (χ3v) is 5.34. The summed E-state index contributed by atoms with van der Waals surface area (Å²) >= 11 is 1.66. The Morgan fingerprint density at radius 3 is 2.50 bits per heavy atom. The molecule has 0 spiro atoms. The number of benzene rings is 2. The van der Waals surface area contributed by atoms with Gasteiger partial charge in [-0.25, -0.2) is 0 Å². The van der Waals surface area contributed by atoms with Gasteiger partial charge >= 0.3 is 0 Å². The van der Waals surface area contributed by atoms with Crippen molar-refractivity contribution in [3.8, 4) is 0 Å². The minimum atomic E-state index is -0.0799. The van der Waals surface area contributed by atoms with E-state index >= 15 is 0 Å². The highest BCUT2D eigenvalue weighted by Gasteiger charge is 2.27. The maximum atomic E-state index is 12.6. The number of hydrogen-bond donors (Lipinski definition) is 2. The van der Waals surface area contributed by atoms with Crippen LogP contribution in [0.4, 0.5) is 5.69 Å². The highest BCUT2D eigenvalue weighted by Crippen LogP contribution is 2.33. The van der Waals surface area contributed by atoms with Crippen molar-refractivity contribution in [1.29, 1.82) is 0 Å². The third kappa shape index (κ3) is 4.38. The molecule has 0 radical (unpaired) electrons. The summed E-state index contributed by atoms with van der Waals surface area (Å²) in [5, 5.41) is 3.11. The molecule has 4 nitrogen and oxygen atoms in total. The maximum Gasteiger partial charge on any atom is 0.282 e. The van der Waals surface area contributed by atoms with E-state index in [1.807, 2.05) is 49.4 Å². The Hall–Kier alpha value is -1.82. The Kier molecular flexibility index (Phi) is 5.91. The van der Waals surface area contributed by atoms with Crippen LogP contribution in [0.15, 0.2) is 64.4 Å². The van der Waals surface area contributed by atoms with Crippen LogP contribution in [0, 0.1) is 0 Å². The van der Waals surface area contributed by atoms with E-state index in [0.717, 1.165) is 41.8 Å². The van der Waals surface area contributed by atoms with Gasteiger partial charge in [-0.05, 0) is 31.2 Å². The summed E-state index contributed by atoms with van der Waals surface area (Å²) in [6, 6.07) is 18.1. The van der Waals surface area contributed by atoms with Crippen molar-refractivity contribution in [2.45, 2.75) is 22.8 Å². The predicted molar refractivity (Wildman–Crippen MR) is 96.6 cm³/mol. The molecule has 2 aromatic carbocycles. The molecule has 2 aromatic rings. The van der Waals surface area contributed by atoms with Crippen molar-refractivity contribution >= 4 is 23.4 Å². The van der Waals surface area contributed by atoms with Gasteiger partial charge in [0.2, 0.25) is 0 Å². The van der Waals surface area contributed by atoms with Gasteiger partial charge in [0.25, 0.3) is 5.91 Å². The van der Waals surface area contributed by atoms with Crippen molar-refractivity contribution < 1.29 is 14.4 Å². The van der Waals surface area contributed by atoms with Crippen molar-refractivity contribution in [3.05, 3.63) is 54.6 Å². The van der Waals surface area contributed by atoms with Crippen LogP contribution in [0.1, 0.15) is 6.92 Å². The summed E-state index contributed by atoms with van der Waals surface area (Å²) in [6.07, 6.45) is 0. The second-order valence-corrected chi connectivity index (χ2v) is 7.01. The summed E-state index contributed by atoms with van der Waals surface area (Å²) < 4.78 is 5.38. The van der Waals surface area contributed by atoms with Gasteiger partial charge in [0, 0.05) is 9.79 Å². The maximum absolute atomic E-state index is 12.6. The lowest BCUT2D eigenvalue weighted by atomic mass is 10.2. The SMILES string of the molecule is C[C@@H](C(=O)Nc1ccccc1Sc1ccccc1)[NH+]1CCOCC1. The van der Waals surface area contributed by atoms with E-state index in [-0.39, 0.29) is 11.9 Å². The predicted octanol–water partition coefficient (Wildman–Crippen LogP) is 2.08. The average Bonchev–Trinajstić information content (AvgIpc) is 2.64. The summed E-state index contributed by atoms with van der Waals surface area (Å²) in [5.74, 6) is 0.0630. The molecule has 0 aromatic heterocycles. The van der Waals surface area contributed by atoms with E-state index in [1.54, 1.807) is 11.8 Å². The molecule has 0 saturated carbocycles. The first kappa shape index (κ1) is 17.0. The van der Waals surface area contributed by atoms with E-state index in [2.05, 4.69) is 17.4 Å². The Balaban J connectivity index is 1.69. The summed E-state index contributed by atoms with van der Waals surface area (Å²) in [5.41, 5.74) is 0.871. The van der Waals surface area contributed by atoms with Crippen LogP contribution >= 0.6 is 11.8 Å². The molecular formula is C19H23N2O2S+. The van der Waals surface area contributed by atoms with Crippen molar-refractivity contribution in [3.63, 3.8) is 0 Å². The smallest absolute Gasteiger partial charge is 0.282 e. The first-order valence-corrected chi connectivity index (χ1v) is 9.11. The fraction of sp³-hybridized carbons (Fsp3) is 0.316. The molecule has 1 heterocycles. The zero-order chi connectivity index (χ0) is 16.8. The van der Waals surface area contributed by atoms with Gasteiger partial charge in [0.1, 0.15) is 13.1 Å². The second-order valence-electron chi connectivity index (χ2n) is 5.89. The summed E-state index contributed by atoms with van der Waals surface area (Å²) in [4.78, 5) is 16.1. The van der Waals surface area contributed by atoms with E-state index in [0.29, 0.717) is 0 Å². The zero-order valence-electron chi connectivity index (χ0n) is 13.8. The Bertz CT molecular complexity index is 672. The third-order valence-electron chi connectivity index (χ3n) is 4.26. The topological polar surface area (TPSA) is 42.8 Å². The van der Waals surface area contributed by atoms with Crippen molar-refractivity contribution in [2.24, 2.45) is 0 Å². The molecule has 0 aliphatic carbocycles. The van der Waals surface area contributed by atoms with Crippen LogP contribution in [-0.4, -0.2) is 38.3 Å². The minimum absolute atomic E-state index is 0.0630. The molecule has 1 amide bonds. The van der Waals surface area contributed by atoms with Gasteiger partial charge in [0.15, 0.2) is 6.04 Å². The van der Waals surface area contributed by atoms with E-state index in [4.69, 9.17) is 4.74 Å². The van der Waals surface area contributed by atoms with E-state index in [9.17, 15) is 4.79 Å². The molecule has 1 saturated heterocycles. The van der Waals surface area contributed by atoms with Crippen LogP contribution in [0.2, 0.25) is 0 Å². The molecule has 1 fully saturated rings. The molecule has 1 aliphatic rings. The quantitative estimate of drug-likeness (QED) is 0.874. The number of anilines is 1. The highest BCUT2D eigenvalue weighted by molar-refractivity contribution is 7.99. The molecule has 1 aliphatic heterocycles. The highest BCUT2D eigenvalue weighted by atomic mass is 32.2. The van der Waals surface area contributed by atoms with Gasteiger partial charge in [0.05, 0.1) is 18.9 Å². The summed E-state index contributed by atoms with van der Waals surface area (Å²) in [7, 11) is 0. The number of ether oxygens (including phenoxy) is 1. The van der Waals surface area contributed by atoms with Gasteiger partial charge in [-0.15, -0.1) is 0 Å². The van der Waals surface area contributed by atoms with Crippen molar-refractivity contribution in [1.82, 2.24) is 0 Å². The molecular weight excluding hydrogens is 320 g/mol. The van der Waals surface area contributed by atoms with Gasteiger partial charge in [-0.1, -0.05) is 42.1 Å². The number of morpholine rings is 1. The fourth-order valence-corrected chi connectivity index (χ4v) is 3.69. The van der Waals surface area contributed by atoms with E-state index in [1.165, 1.54) is 4.90 Å². The number of quaternary nitrogens is 1. The number of para-hydroxylation sites is 1. The zero-order valence-corrected chi connectivity index (χ0v) is 14.6. The van der Waals surface area contributed by atoms with Crippen molar-refractivity contribution in [2.75, 3.05) is 31.6 Å². The monoisotopic (exact) mass is 343 g/mol. The van der Waals surface area contributed by atoms with E-state index < -0.39 is 0 Å². The normalized spacial score (nSPS) is 16.5. The van der Waals surface area contributed by atoms with Gasteiger partial charge in [-0.3, -0.25) is 4.79 Å². The lowest BCUT2D eigenvalue weighted by Crippen LogP contribution is -3.18. The van der Waals surface area contributed by atoms with Gasteiger partial charge in [-0.2, -0.15) is 0 Å². The fourth-order valence-electron chi connectivity index (χ4n) is 2.77. The minimum Gasteiger partial charge on any atom is -0.370 e. The molecule has 0 bridgehead atoms. The van der Waals surface area contributed by atoms with Crippen LogP contribution in [0.5, 0.6) is 0 Å². The lowest BCUT2D eigenvalue weighted by Gasteiger charge is -2.28. The molecule has 24 heavy (non-hydrogen) atoms. The van der Waals surface area contributed by atoms with Crippen LogP contribution in [0.25, 0.3) is 0 Å². The largest absolute Gasteiger partial charge is 0.370 e. The first-order valence-electron chi connectivity index (χ1n) is 8.29. The number of carbonyl (C=O) groups excluding carboxylic acids is 1. The average molecular weight is 343 g/mol. The molecule has 2 N–H and O–H groups in total. The molecule has 5 heteroatoms. The Morgan fingerprint density at radius 1 is 1.08 bits per heavy atom. The number of rotatable bonds is 5. The first-order chi connectivity index (χ1) is 11.7. The second kappa shape index (κ2) is 8.33. The Labute approximate surface area is 147 Å². The lowest BCUT2D eigenvalue weighted by molar-refractivity contribution is -0.921. The van der Waals surface area contributed by atoms with Crippen LogP contribution in [-0.2, 0) is 9.53 Å². The van der Waals surface area contributed by atoms with Crippen LogP contribution in [0.3, 0.4) is 0 Å². The molecule has 3 rings (SSSR count). The van der Waals surface area contributed by atoms with Gasteiger partial charge < -0.3 is 15.0 Å². The molecule has 0 unspecified atom stereocenters. The summed E-state index contributed by atoms with van der Waals surface area (Å²) in [6.45, 7) is 5.22. The number of carbonyl (C=O) groups is 1. The number of amides is 1. The van der Waals surface area contributed by atoms with Crippen LogP contribution < -0.4 is 10.2 Å². The molecule has 126 valence electrons. The number of nitrogens with one attached hydrogen (secondary N) is 2. The standard InChI is InChI=1S/C19H22N2O2S/c1-15(21-11-13-23-14-12-21)19(22)20-17-9-5-6-10-18(17)24-16-7-3-2-4-8-16/h2-10,15H,11-14H2,1H3,(H,20,22)/p+1/t15-/m0/s1. The number of hydrogen-bond acceptors (Lipinski definition) is 3. The molecule has 1 atom stereocenters.